The summed E-state index contributed by atoms with van der Waals surface area (Å²) in [6.45, 7) is 2.68. The Morgan fingerprint density at radius 3 is 2.74 bits per heavy atom. The second kappa shape index (κ2) is 5.34. The monoisotopic (exact) mass is 317 g/mol. The molecule has 1 aliphatic carbocycles. The number of hydrogen-bond acceptors (Lipinski definition) is 7. The van der Waals surface area contributed by atoms with Crippen LogP contribution in [0.15, 0.2) is 16.9 Å². The molecule has 0 fully saturated rings. The van der Waals surface area contributed by atoms with Crippen LogP contribution >= 0.6 is 0 Å². The number of Topliss-reactive ketones (excluding diaryl/α,β-unsaturated/α-hetero) is 1. The number of esters is 1. The Bertz CT molecular complexity index is 894. The van der Waals surface area contributed by atoms with Gasteiger partial charge in [-0.25, -0.2) is 4.98 Å². The molecule has 2 atom stereocenters. The number of anilines is 1. The van der Waals surface area contributed by atoms with Gasteiger partial charge >= 0.3 is 5.97 Å². The van der Waals surface area contributed by atoms with E-state index in [1.165, 1.54) is 18.4 Å². The minimum absolute atomic E-state index is 0.0676. The normalized spacial score (nSPS) is 20.1. The van der Waals surface area contributed by atoms with E-state index >= 15 is 0 Å². The van der Waals surface area contributed by atoms with Gasteiger partial charge in [-0.3, -0.25) is 19.4 Å². The number of carbonyl (C=O) groups excluding carboxylic acids is 2. The zero-order valence-corrected chi connectivity index (χ0v) is 12.6. The van der Waals surface area contributed by atoms with Crippen molar-refractivity contribution in [2.24, 2.45) is 0 Å². The van der Waals surface area contributed by atoms with Gasteiger partial charge in [0.15, 0.2) is 22.8 Å². The summed E-state index contributed by atoms with van der Waals surface area (Å²) >= 11 is 0. The molecule has 0 bridgehead atoms. The highest BCUT2D eigenvalue weighted by molar-refractivity contribution is 5.94. The molecule has 0 radical (unpaired) electrons. The number of aromatic amines is 1. The van der Waals surface area contributed by atoms with Crippen molar-refractivity contribution < 1.29 is 14.3 Å². The van der Waals surface area contributed by atoms with E-state index in [0.717, 1.165) is 0 Å². The average Bonchev–Trinajstić information content (AvgIpc) is 3.01. The molecular weight excluding hydrogens is 302 g/mol. The number of imidazole rings is 1. The quantitative estimate of drug-likeness (QED) is 0.473. The Kier molecular flexibility index (Phi) is 3.47. The topological polar surface area (TPSA) is 133 Å². The number of fused-ring (bicyclic) bond motifs is 1. The van der Waals surface area contributed by atoms with E-state index in [1.54, 1.807) is 12.2 Å². The van der Waals surface area contributed by atoms with Crippen LogP contribution < -0.4 is 11.3 Å². The summed E-state index contributed by atoms with van der Waals surface area (Å²) < 4.78 is 6.65. The van der Waals surface area contributed by atoms with Crippen LogP contribution in [-0.4, -0.2) is 37.4 Å². The van der Waals surface area contributed by atoms with Gasteiger partial charge < -0.3 is 15.0 Å². The third kappa shape index (κ3) is 2.60. The molecular formula is C14H15N5O4. The highest BCUT2D eigenvalue weighted by Crippen LogP contribution is 2.29. The van der Waals surface area contributed by atoms with Crippen LogP contribution in [0.4, 0.5) is 5.95 Å². The van der Waals surface area contributed by atoms with Crippen molar-refractivity contribution in [3.8, 4) is 0 Å². The molecule has 23 heavy (non-hydrogen) atoms. The molecule has 1 aliphatic rings. The van der Waals surface area contributed by atoms with Gasteiger partial charge in [-0.05, 0) is 6.08 Å². The van der Waals surface area contributed by atoms with Crippen molar-refractivity contribution >= 4 is 28.9 Å². The lowest BCUT2D eigenvalue weighted by molar-refractivity contribution is -0.144. The summed E-state index contributed by atoms with van der Waals surface area (Å²) in [4.78, 5) is 45.7. The van der Waals surface area contributed by atoms with E-state index in [-0.39, 0.29) is 34.8 Å². The zero-order valence-electron chi connectivity index (χ0n) is 12.6. The molecule has 0 spiro atoms. The largest absolute Gasteiger partial charge is 0.458 e. The maximum absolute atomic E-state index is 12.2. The van der Waals surface area contributed by atoms with Crippen molar-refractivity contribution in [3.63, 3.8) is 0 Å². The number of ether oxygens (including phenoxy) is 1. The highest BCUT2D eigenvalue weighted by Gasteiger charge is 2.29. The third-order valence-corrected chi connectivity index (χ3v) is 3.56. The maximum Gasteiger partial charge on any atom is 0.303 e. The summed E-state index contributed by atoms with van der Waals surface area (Å²) in [5, 5.41) is 0. The first kappa shape index (κ1) is 14.9. The Hall–Kier alpha value is -2.97. The molecule has 3 rings (SSSR count). The smallest absolute Gasteiger partial charge is 0.303 e. The summed E-state index contributed by atoms with van der Waals surface area (Å²) in [5.74, 6) is -0.649. The molecule has 9 nitrogen and oxygen atoms in total. The van der Waals surface area contributed by atoms with Crippen LogP contribution in [0.5, 0.6) is 0 Å². The Morgan fingerprint density at radius 1 is 1.35 bits per heavy atom. The van der Waals surface area contributed by atoms with Crippen molar-refractivity contribution in [1.29, 1.82) is 0 Å². The Balaban J connectivity index is 2.12. The van der Waals surface area contributed by atoms with Gasteiger partial charge in [0.25, 0.3) is 5.56 Å². The molecule has 2 unspecified atom stereocenters. The minimum atomic E-state index is -0.475. The highest BCUT2D eigenvalue weighted by atomic mass is 16.5. The lowest BCUT2D eigenvalue weighted by atomic mass is 10.2. The van der Waals surface area contributed by atoms with Gasteiger partial charge in [0, 0.05) is 20.3 Å². The van der Waals surface area contributed by atoms with Gasteiger partial charge in [-0.1, -0.05) is 6.08 Å². The van der Waals surface area contributed by atoms with Crippen LogP contribution in [0.1, 0.15) is 36.9 Å². The minimum Gasteiger partial charge on any atom is -0.458 e. The number of nitrogens with one attached hydrogen (secondary N) is 1. The van der Waals surface area contributed by atoms with E-state index < -0.39 is 17.6 Å². The first-order chi connectivity index (χ1) is 10.9. The Morgan fingerprint density at radius 2 is 2.09 bits per heavy atom. The number of hydrogen-bond donors (Lipinski definition) is 2. The number of allylic oxidation sites excluding steroid dienone is 1. The predicted molar refractivity (Wildman–Crippen MR) is 80.9 cm³/mol. The van der Waals surface area contributed by atoms with Crippen molar-refractivity contribution in [3.05, 3.63) is 28.3 Å². The summed E-state index contributed by atoms with van der Waals surface area (Å²) in [5.41, 5.74) is 5.32. The van der Waals surface area contributed by atoms with Crippen LogP contribution in [0.25, 0.3) is 11.2 Å². The van der Waals surface area contributed by atoms with Crippen LogP contribution in [0.2, 0.25) is 0 Å². The van der Waals surface area contributed by atoms with E-state index in [0.29, 0.717) is 6.42 Å². The second-order valence-corrected chi connectivity index (χ2v) is 5.32. The molecule has 0 amide bonds. The van der Waals surface area contributed by atoms with E-state index in [2.05, 4.69) is 15.0 Å². The zero-order chi connectivity index (χ0) is 16.7. The van der Waals surface area contributed by atoms with Crippen LogP contribution in [0, 0.1) is 0 Å². The lowest BCUT2D eigenvalue weighted by Crippen LogP contribution is -2.20. The van der Waals surface area contributed by atoms with E-state index in [4.69, 9.17) is 10.5 Å². The average molecular weight is 317 g/mol. The third-order valence-electron chi connectivity index (χ3n) is 3.56. The number of nitrogens with two attached hydrogens (primary N) is 1. The van der Waals surface area contributed by atoms with E-state index in [1.807, 2.05) is 0 Å². The molecule has 120 valence electrons. The molecule has 2 aromatic heterocycles. The number of nitrogens with zero attached hydrogens (tertiary/aromatic N) is 3. The first-order valence-corrected chi connectivity index (χ1v) is 7.01. The Labute approximate surface area is 130 Å². The number of H-pyrrole nitrogens is 1. The summed E-state index contributed by atoms with van der Waals surface area (Å²) in [6, 6.07) is -0.338. The molecule has 2 heterocycles. The van der Waals surface area contributed by atoms with Gasteiger partial charge in [-0.15, -0.1) is 0 Å². The summed E-state index contributed by atoms with van der Waals surface area (Å²) in [7, 11) is 0. The standard InChI is InChI=1S/C14H15N5O4/c1-6(20)12-16-11-10(13(22)18-14(15)17-11)19(12)8-3-4-9(5-8)23-7(2)21/h3-4,8-9H,5H2,1-2H3,(H3,15,17,18,22). The summed E-state index contributed by atoms with van der Waals surface area (Å²) in [6.07, 6.45) is 3.50. The molecule has 0 saturated heterocycles. The fraction of sp³-hybridized carbons (Fsp3) is 0.357. The first-order valence-electron chi connectivity index (χ1n) is 7.01. The van der Waals surface area contributed by atoms with Gasteiger partial charge in [-0.2, -0.15) is 4.98 Å². The molecule has 9 heteroatoms. The van der Waals surface area contributed by atoms with Gasteiger partial charge in [0.05, 0.1) is 6.04 Å². The molecule has 2 aromatic rings. The molecule has 0 aromatic carbocycles. The molecule has 0 saturated carbocycles. The lowest BCUT2D eigenvalue weighted by Gasteiger charge is -2.15. The van der Waals surface area contributed by atoms with Gasteiger partial charge in [0.1, 0.15) is 6.10 Å². The number of nitrogen functional groups attached to an aromatic ring is 1. The van der Waals surface area contributed by atoms with Crippen molar-refractivity contribution in [2.45, 2.75) is 32.4 Å². The maximum atomic E-state index is 12.2. The number of aromatic nitrogens is 4. The van der Waals surface area contributed by atoms with Crippen molar-refractivity contribution in [2.75, 3.05) is 5.73 Å². The molecule has 3 N–H and O–H groups in total. The van der Waals surface area contributed by atoms with Crippen molar-refractivity contribution in [1.82, 2.24) is 19.5 Å². The van der Waals surface area contributed by atoms with Crippen LogP contribution in [-0.2, 0) is 9.53 Å². The number of ketones is 1. The number of rotatable bonds is 3. The van der Waals surface area contributed by atoms with Gasteiger partial charge in [0.2, 0.25) is 5.95 Å². The fourth-order valence-electron chi connectivity index (χ4n) is 2.74. The SMILES string of the molecule is CC(=O)OC1C=CC(n2c(C(C)=O)nc3nc(N)[nH]c(=O)c32)C1. The second-order valence-electron chi connectivity index (χ2n) is 5.32. The number of carbonyl (C=O) groups is 2. The molecule has 0 aliphatic heterocycles. The van der Waals surface area contributed by atoms with E-state index in [9.17, 15) is 14.4 Å². The van der Waals surface area contributed by atoms with Crippen LogP contribution in [0.3, 0.4) is 0 Å². The fourth-order valence-corrected chi connectivity index (χ4v) is 2.74. The predicted octanol–water partition coefficient (Wildman–Crippen LogP) is 0.337.